The summed E-state index contributed by atoms with van der Waals surface area (Å²) in [4.78, 5) is 0. The van der Waals surface area contributed by atoms with Crippen molar-refractivity contribution in [3.05, 3.63) is 23.1 Å². The first kappa shape index (κ1) is 19.4. The maximum absolute atomic E-state index is 13.3. The van der Waals surface area contributed by atoms with E-state index >= 15 is 0 Å². The summed E-state index contributed by atoms with van der Waals surface area (Å²) < 4.78 is 47.1. The predicted octanol–water partition coefficient (Wildman–Crippen LogP) is 3.83. The van der Waals surface area contributed by atoms with E-state index < -0.39 is 23.1 Å². The van der Waals surface area contributed by atoms with Crippen LogP contribution in [0.1, 0.15) is 75.4 Å². The Labute approximate surface area is 160 Å². The molecule has 2 aromatic heterocycles. The van der Waals surface area contributed by atoms with Crippen molar-refractivity contribution in [2.45, 2.75) is 82.2 Å². The Morgan fingerprint density at radius 1 is 1.29 bits per heavy atom. The van der Waals surface area contributed by atoms with Crippen molar-refractivity contribution >= 4 is 0 Å². The van der Waals surface area contributed by atoms with Crippen LogP contribution in [-0.2, 0) is 12.0 Å². The molecule has 0 unspecified atom stereocenters. The van der Waals surface area contributed by atoms with Gasteiger partial charge in [-0.2, -0.15) is 18.3 Å². The van der Waals surface area contributed by atoms with Crippen molar-refractivity contribution in [2.24, 2.45) is 0 Å². The second-order valence-corrected chi connectivity index (χ2v) is 8.65. The van der Waals surface area contributed by atoms with Gasteiger partial charge in [0, 0.05) is 11.8 Å². The van der Waals surface area contributed by atoms with Crippen LogP contribution in [0.3, 0.4) is 0 Å². The largest absolute Gasteiger partial charge is 0.422 e. The van der Waals surface area contributed by atoms with E-state index in [2.05, 4.69) is 10.3 Å². The summed E-state index contributed by atoms with van der Waals surface area (Å²) >= 11 is 0. The summed E-state index contributed by atoms with van der Waals surface area (Å²) in [7, 11) is 0. The third-order valence-electron chi connectivity index (χ3n) is 6.19. The fourth-order valence-corrected chi connectivity index (χ4v) is 4.27. The lowest BCUT2D eigenvalue weighted by molar-refractivity contribution is -0.261. The average molecular weight is 399 g/mol. The lowest BCUT2D eigenvalue weighted by Crippen LogP contribution is -2.40. The van der Waals surface area contributed by atoms with E-state index in [0.29, 0.717) is 37.3 Å². The highest BCUT2D eigenvalue weighted by Crippen LogP contribution is 2.48. The van der Waals surface area contributed by atoms with E-state index in [1.807, 2.05) is 11.6 Å². The molecule has 0 bridgehead atoms. The minimum Gasteiger partial charge on any atom is -0.390 e. The minimum absolute atomic E-state index is 0.130. The normalized spacial score (nSPS) is 29.9. The van der Waals surface area contributed by atoms with Crippen LogP contribution in [0.5, 0.6) is 0 Å². The number of fused-ring (bicyclic) bond motifs is 3. The van der Waals surface area contributed by atoms with Crippen LogP contribution in [0.25, 0.3) is 11.3 Å². The summed E-state index contributed by atoms with van der Waals surface area (Å²) in [6, 6.07) is 0.130. The molecule has 6 nitrogen and oxygen atoms in total. The zero-order valence-electron chi connectivity index (χ0n) is 16.0. The summed E-state index contributed by atoms with van der Waals surface area (Å²) in [5.74, 6) is -0.0599. The Bertz CT molecular complexity index is 888. The van der Waals surface area contributed by atoms with Gasteiger partial charge in [-0.1, -0.05) is 12.1 Å². The first-order valence-corrected chi connectivity index (χ1v) is 9.50. The second kappa shape index (κ2) is 6.06. The first-order chi connectivity index (χ1) is 12.9. The molecule has 2 aliphatic rings. The molecule has 0 amide bonds. The molecule has 2 heterocycles. The van der Waals surface area contributed by atoms with E-state index in [4.69, 9.17) is 4.52 Å². The zero-order chi connectivity index (χ0) is 20.5. The van der Waals surface area contributed by atoms with Gasteiger partial charge < -0.3 is 14.7 Å². The molecule has 154 valence electrons. The SMILES string of the molecule is C[C@H]1Cc2nn(C3CCC(C)(O)CC3)cc2-c2onc([C@@](C)(O)C(F)(F)F)c21. The molecule has 2 aliphatic carbocycles. The second-order valence-electron chi connectivity index (χ2n) is 8.65. The summed E-state index contributed by atoms with van der Waals surface area (Å²) in [6.45, 7) is 4.31. The molecule has 0 aliphatic heterocycles. The lowest BCUT2D eigenvalue weighted by Gasteiger charge is -2.33. The number of alkyl halides is 3. The van der Waals surface area contributed by atoms with Crippen LogP contribution in [0.4, 0.5) is 13.2 Å². The molecular formula is C19H24F3N3O3. The van der Waals surface area contributed by atoms with Crippen LogP contribution in [0, 0.1) is 0 Å². The van der Waals surface area contributed by atoms with Gasteiger partial charge >= 0.3 is 6.18 Å². The number of hydrogen-bond donors (Lipinski definition) is 2. The highest BCUT2D eigenvalue weighted by molar-refractivity contribution is 5.68. The topological polar surface area (TPSA) is 84.3 Å². The number of aliphatic hydroxyl groups is 2. The maximum atomic E-state index is 13.3. The highest BCUT2D eigenvalue weighted by atomic mass is 19.4. The minimum atomic E-state index is -4.86. The fraction of sp³-hybridized carbons (Fsp3) is 0.684. The molecule has 2 aromatic rings. The summed E-state index contributed by atoms with van der Waals surface area (Å²) in [5, 5.41) is 28.5. The summed E-state index contributed by atoms with van der Waals surface area (Å²) in [6.07, 6.45) is 0.279. The maximum Gasteiger partial charge on any atom is 0.422 e. The van der Waals surface area contributed by atoms with E-state index in [1.165, 1.54) is 0 Å². The van der Waals surface area contributed by atoms with Gasteiger partial charge in [-0.05, 0) is 51.9 Å². The van der Waals surface area contributed by atoms with Crippen molar-refractivity contribution in [1.82, 2.24) is 14.9 Å². The third-order valence-corrected chi connectivity index (χ3v) is 6.19. The standard InChI is InChI=1S/C19H24F3N3O3/c1-10-8-13-12(9-25(23-13)11-4-6-17(2,26)7-5-11)15-14(10)16(24-28-15)18(3,27)19(20,21)22/h9-11,26-27H,4-8H2,1-3H3/t10-,11?,17?,18+/m0/s1. The van der Waals surface area contributed by atoms with Crippen molar-refractivity contribution in [3.63, 3.8) is 0 Å². The molecule has 9 heteroatoms. The van der Waals surface area contributed by atoms with Gasteiger partial charge in [-0.3, -0.25) is 4.68 Å². The smallest absolute Gasteiger partial charge is 0.390 e. The number of aromatic nitrogens is 3. The van der Waals surface area contributed by atoms with Gasteiger partial charge in [0.1, 0.15) is 5.69 Å². The molecule has 0 saturated heterocycles. The van der Waals surface area contributed by atoms with Gasteiger partial charge in [-0.25, -0.2) is 0 Å². The van der Waals surface area contributed by atoms with Crippen molar-refractivity contribution in [1.29, 1.82) is 0 Å². The van der Waals surface area contributed by atoms with Crippen LogP contribution >= 0.6 is 0 Å². The Morgan fingerprint density at radius 3 is 2.54 bits per heavy atom. The Hall–Kier alpha value is -1.87. The molecule has 2 N–H and O–H groups in total. The van der Waals surface area contributed by atoms with Crippen LogP contribution in [0.2, 0.25) is 0 Å². The van der Waals surface area contributed by atoms with Gasteiger partial charge in [0.15, 0.2) is 5.76 Å². The molecular weight excluding hydrogens is 375 g/mol. The molecule has 2 atom stereocenters. The quantitative estimate of drug-likeness (QED) is 0.802. The van der Waals surface area contributed by atoms with Gasteiger partial charge in [-0.15, -0.1) is 0 Å². The van der Waals surface area contributed by atoms with Crippen LogP contribution in [-0.4, -0.2) is 36.9 Å². The van der Waals surface area contributed by atoms with Crippen LogP contribution < -0.4 is 0 Å². The molecule has 0 aromatic carbocycles. The Morgan fingerprint density at radius 2 is 1.93 bits per heavy atom. The predicted molar refractivity (Wildman–Crippen MR) is 93.6 cm³/mol. The third kappa shape index (κ3) is 2.95. The number of halogens is 3. The highest BCUT2D eigenvalue weighted by Gasteiger charge is 2.55. The van der Waals surface area contributed by atoms with Gasteiger partial charge in [0.2, 0.25) is 5.60 Å². The number of hydrogen-bond acceptors (Lipinski definition) is 5. The monoisotopic (exact) mass is 399 g/mol. The number of nitrogens with zero attached hydrogens (tertiary/aromatic N) is 3. The Balaban J connectivity index is 1.71. The van der Waals surface area contributed by atoms with Gasteiger partial charge in [0.05, 0.1) is 22.9 Å². The molecule has 0 spiro atoms. The first-order valence-electron chi connectivity index (χ1n) is 9.50. The van der Waals surface area contributed by atoms with E-state index in [9.17, 15) is 23.4 Å². The van der Waals surface area contributed by atoms with E-state index in [-0.39, 0.29) is 17.7 Å². The fourth-order valence-electron chi connectivity index (χ4n) is 4.27. The van der Waals surface area contributed by atoms with E-state index in [1.54, 1.807) is 13.1 Å². The van der Waals surface area contributed by atoms with Crippen LogP contribution in [0.15, 0.2) is 10.7 Å². The molecule has 4 rings (SSSR count). The zero-order valence-corrected chi connectivity index (χ0v) is 16.0. The Kier molecular flexibility index (Phi) is 4.21. The average Bonchev–Trinajstić information content (AvgIpc) is 3.18. The molecule has 1 fully saturated rings. The molecule has 0 radical (unpaired) electrons. The van der Waals surface area contributed by atoms with Crippen molar-refractivity contribution < 1.29 is 27.9 Å². The van der Waals surface area contributed by atoms with Gasteiger partial charge in [0.25, 0.3) is 0 Å². The molecule has 1 saturated carbocycles. The van der Waals surface area contributed by atoms with Crippen molar-refractivity contribution in [3.8, 4) is 11.3 Å². The van der Waals surface area contributed by atoms with E-state index in [0.717, 1.165) is 18.5 Å². The summed E-state index contributed by atoms with van der Waals surface area (Å²) in [5.41, 5.74) is -2.54. The molecule has 28 heavy (non-hydrogen) atoms. The van der Waals surface area contributed by atoms with Crippen molar-refractivity contribution in [2.75, 3.05) is 0 Å². The lowest BCUT2D eigenvalue weighted by atomic mass is 9.82. The number of rotatable bonds is 2.